The third-order valence-electron chi connectivity index (χ3n) is 5.43. The minimum Gasteiger partial charge on any atom is -0.342 e. The number of carbonyl (C=O) groups is 1. The van der Waals surface area contributed by atoms with Gasteiger partial charge in [0, 0.05) is 30.8 Å². The van der Waals surface area contributed by atoms with Crippen molar-refractivity contribution in [1.82, 2.24) is 29.6 Å². The molecule has 2 aliphatic rings. The molecular weight excluding hydrogens is 344 g/mol. The van der Waals surface area contributed by atoms with E-state index in [0.29, 0.717) is 29.2 Å². The van der Waals surface area contributed by atoms with Gasteiger partial charge < -0.3 is 9.42 Å². The fraction of sp³-hybridized carbons (Fsp3) is 0.526. The third kappa shape index (κ3) is 3.20. The van der Waals surface area contributed by atoms with E-state index in [2.05, 4.69) is 27.3 Å². The Morgan fingerprint density at radius 1 is 1.30 bits per heavy atom. The normalized spacial score (nSPS) is 20.3. The third-order valence-corrected chi connectivity index (χ3v) is 5.43. The van der Waals surface area contributed by atoms with Crippen molar-refractivity contribution >= 4 is 11.6 Å². The molecule has 27 heavy (non-hydrogen) atoms. The molecule has 140 valence electrons. The van der Waals surface area contributed by atoms with Crippen LogP contribution >= 0.6 is 0 Å². The predicted octanol–water partition coefficient (Wildman–Crippen LogP) is 2.46. The van der Waals surface area contributed by atoms with Crippen LogP contribution in [0.4, 0.5) is 0 Å². The van der Waals surface area contributed by atoms with Crippen molar-refractivity contribution in [2.45, 2.75) is 44.9 Å². The van der Waals surface area contributed by atoms with E-state index in [0.717, 1.165) is 43.7 Å². The van der Waals surface area contributed by atoms with Gasteiger partial charge in [-0.15, -0.1) is 10.2 Å². The van der Waals surface area contributed by atoms with Gasteiger partial charge in [0.2, 0.25) is 5.91 Å². The van der Waals surface area contributed by atoms with Crippen LogP contribution in [-0.4, -0.2) is 48.6 Å². The predicted molar refractivity (Wildman–Crippen MR) is 96.9 cm³/mol. The highest BCUT2D eigenvalue weighted by molar-refractivity contribution is 5.78. The first-order valence-corrected chi connectivity index (χ1v) is 9.63. The number of hydrogen-bond acceptors (Lipinski definition) is 6. The van der Waals surface area contributed by atoms with Crippen molar-refractivity contribution in [2.75, 3.05) is 13.1 Å². The van der Waals surface area contributed by atoms with E-state index in [9.17, 15) is 4.79 Å². The minimum atomic E-state index is 0.117. The maximum atomic E-state index is 12.6. The van der Waals surface area contributed by atoms with Crippen LogP contribution in [0.25, 0.3) is 17.1 Å². The molecule has 0 radical (unpaired) electrons. The van der Waals surface area contributed by atoms with Gasteiger partial charge in [0.1, 0.15) is 5.82 Å². The van der Waals surface area contributed by atoms with Crippen molar-refractivity contribution in [3.05, 3.63) is 30.0 Å². The van der Waals surface area contributed by atoms with Gasteiger partial charge in [-0.1, -0.05) is 12.1 Å². The molecule has 2 fully saturated rings. The van der Waals surface area contributed by atoms with Crippen molar-refractivity contribution in [2.24, 2.45) is 5.92 Å². The van der Waals surface area contributed by atoms with E-state index in [1.807, 2.05) is 27.6 Å². The molecule has 1 saturated carbocycles. The molecular formula is C19H22N6O2. The second kappa shape index (κ2) is 6.44. The minimum absolute atomic E-state index is 0.117. The van der Waals surface area contributed by atoms with Gasteiger partial charge in [-0.3, -0.25) is 9.20 Å². The first-order chi connectivity index (χ1) is 13.2. The number of fused-ring (bicyclic) bond motifs is 1. The Hall–Kier alpha value is -2.77. The highest BCUT2D eigenvalue weighted by Crippen LogP contribution is 2.38. The molecule has 0 N–H and O–H groups in total. The smallest absolute Gasteiger partial charge is 0.258 e. The zero-order valence-electron chi connectivity index (χ0n) is 15.3. The molecule has 3 aromatic rings. The summed E-state index contributed by atoms with van der Waals surface area (Å²) in [5.41, 5.74) is 1.49. The van der Waals surface area contributed by atoms with Crippen molar-refractivity contribution in [3.63, 3.8) is 0 Å². The topological polar surface area (TPSA) is 89.4 Å². The highest BCUT2D eigenvalue weighted by atomic mass is 16.5. The molecule has 0 bridgehead atoms. The lowest BCUT2D eigenvalue weighted by Gasteiger charge is -2.30. The molecule has 0 aromatic carbocycles. The molecule has 5 rings (SSSR count). The van der Waals surface area contributed by atoms with E-state index in [1.54, 1.807) is 0 Å². The molecule has 1 aliphatic carbocycles. The van der Waals surface area contributed by atoms with E-state index < -0.39 is 0 Å². The average molecular weight is 366 g/mol. The Kier molecular flexibility index (Phi) is 3.91. The second-order valence-corrected chi connectivity index (χ2v) is 7.76. The lowest BCUT2D eigenvalue weighted by Crippen LogP contribution is -2.40. The summed E-state index contributed by atoms with van der Waals surface area (Å²) < 4.78 is 7.24. The number of likely N-dealkylation sites (tertiary alicyclic amines) is 1. The highest BCUT2D eigenvalue weighted by Gasteiger charge is 2.29. The summed E-state index contributed by atoms with van der Waals surface area (Å²) in [6.07, 6.45) is 6.67. The van der Waals surface area contributed by atoms with Gasteiger partial charge in [-0.25, -0.2) is 0 Å². The maximum absolute atomic E-state index is 12.6. The van der Waals surface area contributed by atoms with Crippen LogP contribution in [0.1, 0.15) is 50.2 Å². The number of piperidine rings is 1. The SMILES string of the molecule is CC1CCCN(C(=O)Cc2nnc3cc(-c4nc(C5CC5)no4)ccn23)C1. The summed E-state index contributed by atoms with van der Waals surface area (Å²) in [4.78, 5) is 19.0. The van der Waals surface area contributed by atoms with E-state index in [-0.39, 0.29) is 12.3 Å². The quantitative estimate of drug-likeness (QED) is 0.705. The molecule has 3 aromatic heterocycles. The lowest BCUT2D eigenvalue weighted by atomic mass is 10.00. The number of hydrogen-bond donors (Lipinski definition) is 0. The number of amides is 1. The molecule has 8 nitrogen and oxygen atoms in total. The molecule has 8 heteroatoms. The zero-order valence-corrected chi connectivity index (χ0v) is 15.3. The van der Waals surface area contributed by atoms with Crippen molar-refractivity contribution in [1.29, 1.82) is 0 Å². The zero-order chi connectivity index (χ0) is 18.4. The van der Waals surface area contributed by atoms with Gasteiger partial charge >= 0.3 is 0 Å². The number of rotatable bonds is 4. The largest absolute Gasteiger partial charge is 0.342 e. The molecule has 4 heterocycles. The number of aromatic nitrogens is 5. The molecule has 1 aliphatic heterocycles. The second-order valence-electron chi connectivity index (χ2n) is 7.76. The Morgan fingerprint density at radius 3 is 3.00 bits per heavy atom. The summed E-state index contributed by atoms with van der Waals surface area (Å²) in [7, 11) is 0. The van der Waals surface area contributed by atoms with E-state index in [4.69, 9.17) is 4.52 Å². The molecule has 1 atom stereocenters. The van der Waals surface area contributed by atoms with Gasteiger partial charge in [0.15, 0.2) is 11.5 Å². The first kappa shape index (κ1) is 16.4. The molecule has 0 spiro atoms. The monoisotopic (exact) mass is 366 g/mol. The number of pyridine rings is 1. The Balaban J connectivity index is 1.36. The van der Waals surface area contributed by atoms with Crippen LogP contribution in [0.5, 0.6) is 0 Å². The van der Waals surface area contributed by atoms with Gasteiger partial charge in [0.25, 0.3) is 5.89 Å². The Morgan fingerprint density at radius 2 is 2.19 bits per heavy atom. The standard InChI is InChI=1S/C19H22N6O2/c1-12-3-2-7-24(11-12)17(26)10-16-22-21-15-9-14(6-8-25(15)16)19-20-18(23-27-19)13-4-5-13/h6,8-9,12-13H,2-5,7,10-11H2,1H3. The van der Waals surface area contributed by atoms with Crippen LogP contribution in [0.3, 0.4) is 0 Å². The average Bonchev–Trinajstić information content (AvgIpc) is 3.27. The molecule has 1 saturated heterocycles. The van der Waals surface area contributed by atoms with E-state index >= 15 is 0 Å². The van der Waals surface area contributed by atoms with Gasteiger partial charge in [0.05, 0.1) is 6.42 Å². The number of carbonyl (C=O) groups excluding carboxylic acids is 1. The fourth-order valence-electron chi connectivity index (χ4n) is 3.72. The van der Waals surface area contributed by atoms with Crippen molar-refractivity contribution in [3.8, 4) is 11.5 Å². The summed E-state index contributed by atoms with van der Waals surface area (Å²) in [6, 6.07) is 3.77. The van der Waals surface area contributed by atoms with Crippen LogP contribution < -0.4 is 0 Å². The fourth-order valence-corrected chi connectivity index (χ4v) is 3.72. The first-order valence-electron chi connectivity index (χ1n) is 9.63. The van der Waals surface area contributed by atoms with Gasteiger partial charge in [-0.05, 0) is 43.7 Å². The van der Waals surface area contributed by atoms with Crippen molar-refractivity contribution < 1.29 is 9.32 Å². The van der Waals surface area contributed by atoms with Gasteiger partial charge in [-0.2, -0.15) is 4.98 Å². The summed E-state index contributed by atoms with van der Waals surface area (Å²) >= 11 is 0. The lowest BCUT2D eigenvalue weighted by molar-refractivity contribution is -0.132. The molecule has 1 unspecified atom stereocenters. The Labute approximate surface area is 156 Å². The molecule has 1 amide bonds. The Bertz CT molecular complexity index is 989. The van der Waals surface area contributed by atoms with Crippen LogP contribution in [0.15, 0.2) is 22.9 Å². The summed E-state index contributed by atoms with van der Waals surface area (Å²) in [5, 5.41) is 12.5. The number of nitrogens with zero attached hydrogens (tertiary/aromatic N) is 6. The maximum Gasteiger partial charge on any atom is 0.258 e. The summed E-state index contributed by atoms with van der Waals surface area (Å²) in [6.45, 7) is 3.87. The van der Waals surface area contributed by atoms with E-state index in [1.165, 1.54) is 6.42 Å². The van der Waals surface area contributed by atoms with Crippen LogP contribution in [0, 0.1) is 5.92 Å². The summed E-state index contributed by atoms with van der Waals surface area (Å²) in [5.74, 6) is 3.08. The van der Waals surface area contributed by atoms with Crippen LogP contribution in [-0.2, 0) is 11.2 Å². The van der Waals surface area contributed by atoms with Crippen LogP contribution in [0.2, 0.25) is 0 Å².